The third-order valence-electron chi connectivity index (χ3n) is 6.19. The maximum Gasteiger partial charge on any atom is 0.387 e. The first-order valence-electron chi connectivity index (χ1n) is 11.9. The average molecular weight is 551 g/mol. The molecule has 13 heteroatoms. The summed E-state index contributed by atoms with van der Waals surface area (Å²) < 4.78 is 66.9. The van der Waals surface area contributed by atoms with Crippen LogP contribution in [0.1, 0.15) is 21.8 Å². The van der Waals surface area contributed by atoms with Crippen molar-refractivity contribution in [2.75, 3.05) is 31.9 Å². The van der Waals surface area contributed by atoms with Crippen LogP contribution in [0.4, 0.5) is 23.2 Å². The number of alkyl halides is 4. The van der Waals surface area contributed by atoms with E-state index in [0.717, 1.165) is 5.56 Å². The minimum atomic E-state index is -2.99. The third kappa shape index (κ3) is 7.05. The van der Waals surface area contributed by atoms with Crippen molar-refractivity contribution < 1.29 is 36.6 Å². The third-order valence-corrected chi connectivity index (χ3v) is 6.19. The van der Waals surface area contributed by atoms with Crippen LogP contribution in [0.5, 0.6) is 11.5 Å². The van der Waals surface area contributed by atoms with Crippen molar-refractivity contribution in [3.8, 4) is 11.5 Å². The van der Waals surface area contributed by atoms with Crippen LogP contribution in [0.25, 0.3) is 0 Å². The normalized spacial score (nSPS) is 17.7. The van der Waals surface area contributed by atoms with Gasteiger partial charge in [0, 0.05) is 24.2 Å². The van der Waals surface area contributed by atoms with E-state index in [1.807, 2.05) is 12.1 Å². The quantitative estimate of drug-likeness (QED) is 0.408. The van der Waals surface area contributed by atoms with Crippen LogP contribution in [-0.2, 0) is 11.3 Å². The van der Waals surface area contributed by atoms with Crippen molar-refractivity contribution in [1.82, 2.24) is 15.1 Å². The van der Waals surface area contributed by atoms with Gasteiger partial charge < -0.3 is 24.4 Å². The molecule has 39 heavy (non-hydrogen) atoms. The topological polar surface area (TPSA) is 94.9 Å². The number of carbonyl (C=O) groups is 1. The number of nitrogens with zero attached hydrogens (tertiary/aromatic N) is 3. The summed E-state index contributed by atoms with van der Waals surface area (Å²) in [4.78, 5) is 27.6. The molecule has 0 radical (unpaired) electrons. The number of carbonyl (C=O) groups excluding carboxylic acids is 1. The van der Waals surface area contributed by atoms with E-state index >= 15 is 0 Å². The number of amides is 1. The van der Waals surface area contributed by atoms with E-state index < -0.39 is 43.0 Å². The molecule has 208 valence electrons. The zero-order valence-corrected chi connectivity index (χ0v) is 20.8. The number of ether oxygens (including phenoxy) is 3. The monoisotopic (exact) mass is 550 g/mol. The Hall–Kier alpha value is -4.13. The van der Waals surface area contributed by atoms with Gasteiger partial charge in [-0.1, -0.05) is 12.1 Å². The first-order chi connectivity index (χ1) is 18.7. The van der Waals surface area contributed by atoms with Crippen LogP contribution < -0.4 is 25.2 Å². The number of hydrogen-bond acceptors (Lipinski definition) is 7. The lowest BCUT2D eigenvalue weighted by Crippen LogP contribution is -2.44. The number of methoxy groups -OCH3 is 1. The summed E-state index contributed by atoms with van der Waals surface area (Å²) in [5.41, 5.74) is 0.462. The van der Waals surface area contributed by atoms with E-state index in [-0.39, 0.29) is 36.9 Å². The lowest BCUT2D eigenvalue weighted by Gasteiger charge is -2.29. The number of rotatable bonds is 9. The van der Waals surface area contributed by atoms with E-state index in [4.69, 9.17) is 9.47 Å². The first kappa shape index (κ1) is 27.9. The first-order valence-corrected chi connectivity index (χ1v) is 11.9. The van der Waals surface area contributed by atoms with E-state index in [1.54, 1.807) is 17.0 Å². The predicted octanol–water partition coefficient (Wildman–Crippen LogP) is 3.49. The highest BCUT2D eigenvalue weighted by molar-refractivity contribution is 5.94. The average Bonchev–Trinajstić information content (AvgIpc) is 3.12. The van der Waals surface area contributed by atoms with Crippen molar-refractivity contribution in [1.29, 1.82) is 0 Å². The van der Waals surface area contributed by atoms with Crippen LogP contribution in [0.2, 0.25) is 0 Å². The maximum absolute atomic E-state index is 13.1. The molecule has 1 unspecified atom stereocenters. The molecule has 4 rings (SSSR count). The molecule has 0 saturated carbocycles. The zero-order valence-electron chi connectivity index (χ0n) is 20.8. The Labute approximate surface area is 220 Å². The highest BCUT2D eigenvalue weighted by Gasteiger charge is 2.32. The van der Waals surface area contributed by atoms with Gasteiger partial charge in [0.15, 0.2) is 0 Å². The summed E-state index contributed by atoms with van der Waals surface area (Å²) in [6, 6.07) is 13.3. The van der Waals surface area contributed by atoms with Gasteiger partial charge >= 0.3 is 6.61 Å². The Balaban J connectivity index is 1.61. The van der Waals surface area contributed by atoms with Gasteiger partial charge in [0.1, 0.15) is 30.5 Å². The molecule has 2 aromatic carbocycles. The van der Waals surface area contributed by atoms with Crippen LogP contribution >= 0.6 is 0 Å². The van der Waals surface area contributed by atoms with Gasteiger partial charge in [-0.25, -0.2) is 13.5 Å². The Bertz CT molecular complexity index is 1300. The summed E-state index contributed by atoms with van der Waals surface area (Å²) >= 11 is 0. The van der Waals surface area contributed by atoms with Gasteiger partial charge in [-0.15, -0.1) is 0 Å². The largest absolute Gasteiger partial charge is 0.497 e. The molecule has 1 amide bonds. The minimum absolute atomic E-state index is 0.0351. The molecular weight excluding hydrogens is 524 g/mol. The van der Waals surface area contributed by atoms with Gasteiger partial charge in [0.2, 0.25) is 0 Å². The molecule has 0 spiro atoms. The molecule has 1 aliphatic rings. The molecule has 1 fully saturated rings. The molecule has 1 aromatic heterocycles. The lowest BCUT2D eigenvalue weighted by atomic mass is 9.90. The Morgan fingerprint density at radius 1 is 1.08 bits per heavy atom. The van der Waals surface area contributed by atoms with Crippen molar-refractivity contribution in [3.05, 3.63) is 82.3 Å². The van der Waals surface area contributed by atoms with Crippen molar-refractivity contribution in [2.24, 2.45) is 0 Å². The second-order valence-electron chi connectivity index (χ2n) is 8.68. The van der Waals surface area contributed by atoms with Gasteiger partial charge in [-0.2, -0.15) is 13.9 Å². The van der Waals surface area contributed by atoms with Gasteiger partial charge in [0.05, 0.1) is 19.8 Å². The van der Waals surface area contributed by atoms with Crippen molar-refractivity contribution >= 4 is 11.6 Å². The molecule has 2 atom stereocenters. The maximum atomic E-state index is 13.1. The van der Waals surface area contributed by atoms with E-state index in [9.17, 15) is 27.2 Å². The molecule has 1 N–H and O–H groups in total. The van der Waals surface area contributed by atoms with Crippen molar-refractivity contribution in [2.45, 2.75) is 31.5 Å². The molecule has 2 heterocycles. The smallest absolute Gasteiger partial charge is 0.387 e. The number of hydrogen-bond donors (Lipinski definition) is 1. The second-order valence-corrected chi connectivity index (χ2v) is 8.68. The molecule has 0 bridgehead atoms. The SMILES string of the molecule is COc1ccc([C@@H]2CN(c3ccnn(CC(F)F)c3=O)COCC2NC(=O)c2ccc(OC(F)F)cc2)cc1. The molecule has 3 aromatic rings. The van der Waals surface area contributed by atoms with E-state index in [2.05, 4.69) is 15.2 Å². The number of anilines is 1. The van der Waals surface area contributed by atoms with E-state index in [1.165, 1.54) is 43.6 Å². The van der Waals surface area contributed by atoms with Crippen LogP contribution in [0.3, 0.4) is 0 Å². The molecule has 0 aliphatic carbocycles. The summed E-state index contributed by atoms with van der Waals surface area (Å²) in [5, 5.41) is 6.67. The van der Waals surface area contributed by atoms with Gasteiger partial charge in [-0.05, 0) is 48.0 Å². The van der Waals surface area contributed by atoms with Crippen molar-refractivity contribution in [3.63, 3.8) is 0 Å². The van der Waals surface area contributed by atoms with Crippen LogP contribution in [0, 0.1) is 0 Å². The number of benzene rings is 2. The van der Waals surface area contributed by atoms with E-state index in [0.29, 0.717) is 10.4 Å². The molecular formula is C26H26F4N4O5. The number of halogens is 4. The number of nitrogens with one attached hydrogen (secondary N) is 1. The minimum Gasteiger partial charge on any atom is -0.497 e. The standard InChI is InChI=1S/C26H26F4N4O5/c1-37-18-6-2-16(3-7-18)20-12-33(22-10-11-31-34(25(22)36)13-23(27)28)15-38-14-21(20)32-24(35)17-4-8-19(9-5-17)39-26(29)30/h2-11,20-21,23,26H,12-15H2,1H3,(H,32,35)/t20-,21?/m0/s1. The highest BCUT2D eigenvalue weighted by Crippen LogP contribution is 2.28. The fourth-order valence-electron chi connectivity index (χ4n) is 4.30. The Morgan fingerprint density at radius 3 is 2.41 bits per heavy atom. The second kappa shape index (κ2) is 12.6. The van der Waals surface area contributed by atoms with Crippen LogP contribution in [-0.4, -0.2) is 61.8 Å². The zero-order chi connectivity index (χ0) is 27.9. The fourth-order valence-corrected chi connectivity index (χ4v) is 4.30. The predicted molar refractivity (Wildman–Crippen MR) is 133 cm³/mol. The summed E-state index contributed by atoms with van der Waals surface area (Å²) in [6.07, 6.45) is -1.49. The summed E-state index contributed by atoms with van der Waals surface area (Å²) in [6.45, 7) is -3.59. The van der Waals surface area contributed by atoms with Crippen LogP contribution in [0.15, 0.2) is 65.6 Å². The fraction of sp³-hybridized carbons (Fsp3) is 0.346. The van der Waals surface area contributed by atoms with Gasteiger partial charge in [-0.3, -0.25) is 9.59 Å². The lowest BCUT2D eigenvalue weighted by molar-refractivity contribution is -0.0498. The van der Waals surface area contributed by atoms with Gasteiger partial charge in [0.25, 0.3) is 17.9 Å². The summed E-state index contributed by atoms with van der Waals surface area (Å²) in [5.74, 6) is -0.334. The summed E-state index contributed by atoms with van der Waals surface area (Å²) in [7, 11) is 1.53. The molecule has 1 aliphatic heterocycles. The Kier molecular flexibility index (Phi) is 9.02. The number of aromatic nitrogens is 2. The molecule has 9 nitrogen and oxygen atoms in total. The molecule has 1 saturated heterocycles. The highest BCUT2D eigenvalue weighted by atomic mass is 19.3. The Morgan fingerprint density at radius 2 is 1.77 bits per heavy atom.